The first kappa shape index (κ1) is 16.4. The predicted octanol–water partition coefficient (Wildman–Crippen LogP) is 1.22. The van der Waals surface area contributed by atoms with Gasteiger partial charge < -0.3 is 10.5 Å². The summed E-state index contributed by atoms with van der Waals surface area (Å²) in [6.07, 6.45) is 1.25. The van der Waals surface area contributed by atoms with E-state index in [4.69, 9.17) is 10.5 Å². The Morgan fingerprint density at radius 2 is 1.90 bits per heavy atom. The van der Waals surface area contributed by atoms with Gasteiger partial charge in [-0.1, -0.05) is 37.3 Å². The molecule has 1 aromatic rings. The van der Waals surface area contributed by atoms with E-state index in [-0.39, 0.29) is 11.7 Å². The molecule has 0 saturated carbocycles. The predicted molar refractivity (Wildman–Crippen MR) is 83.6 cm³/mol. The summed E-state index contributed by atoms with van der Waals surface area (Å²) >= 11 is 0. The van der Waals surface area contributed by atoms with Crippen LogP contribution >= 0.6 is 0 Å². The summed E-state index contributed by atoms with van der Waals surface area (Å²) < 4.78 is 33.0. The molecule has 21 heavy (non-hydrogen) atoms. The second-order valence-electron chi connectivity index (χ2n) is 5.79. The zero-order chi connectivity index (χ0) is 15.3. The molecule has 5 nitrogen and oxygen atoms in total. The number of nitrogens with one attached hydrogen (secondary N) is 1. The van der Waals surface area contributed by atoms with Crippen LogP contribution < -0.4 is 10.5 Å². The molecule has 1 saturated heterocycles. The molecule has 0 amide bonds. The van der Waals surface area contributed by atoms with Crippen molar-refractivity contribution in [1.29, 1.82) is 0 Å². The molecule has 1 aliphatic heterocycles. The number of rotatable bonds is 6. The highest BCUT2D eigenvalue weighted by Gasteiger charge is 2.35. The van der Waals surface area contributed by atoms with Gasteiger partial charge in [0.1, 0.15) is 0 Å². The molecule has 1 atom stereocenters. The lowest BCUT2D eigenvalue weighted by molar-refractivity contribution is 0.0502. The lowest BCUT2D eigenvalue weighted by Gasteiger charge is -2.36. The standard InChI is InChI=1S/C15H24N2O3S/c1-13(14-5-3-2-4-6-14)11-21(18,19)17-15(12-16)7-9-20-10-8-15/h2-6,13,17H,7-12,16H2,1H3. The third-order valence-corrected chi connectivity index (χ3v) is 5.73. The minimum atomic E-state index is -3.38. The largest absolute Gasteiger partial charge is 0.381 e. The number of sulfonamides is 1. The molecule has 0 spiro atoms. The lowest BCUT2D eigenvalue weighted by atomic mass is 9.92. The normalized spacial score (nSPS) is 20.1. The van der Waals surface area contributed by atoms with Gasteiger partial charge in [0.2, 0.25) is 10.0 Å². The molecule has 0 bridgehead atoms. The van der Waals surface area contributed by atoms with Crippen LogP contribution in [0.15, 0.2) is 30.3 Å². The van der Waals surface area contributed by atoms with Crippen LogP contribution in [0.25, 0.3) is 0 Å². The van der Waals surface area contributed by atoms with E-state index in [0.29, 0.717) is 32.6 Å². The zero-order valence-corrected chi connectivity index (χ0v) is 13.2. The second-order valence-corrected chi connectivity index (χ2v) is 7.56. The molecule has 0 radical (unpaired) electrons. The van der Waals surface area contributed by atoms with E-state index in [2.05, 4.69) is 4.72 Å². The van der Waals surface area contributed by atoms with Crippen LogP contribution in [0.2, 0.25) is 0 Å². The van der Waals surface area contributed by atoms with Gasteiger partial charge in [-0.3, -0.25) is 0 Å². The van der Waals surface area contributed by atoms with Crippen LogP contribution in [0.3, 0.4) is 0 Å². The summed E-state index contributed by atoms with van der Waals surface area (Å²) in [5.74, 6) is 0.0120. The first-order valence-electron chi connectivity index (χ1n) is 7.31. The first-order chi connectivity index (χ1) is 9.96. The highest BCUT2D eigenvalue weighted by molar-refractivity contribution is 7.89. The van der Waals surface area contributed by atoms with Crippen molar-refractivity contribution in [2.45, 2.75) is 31.2 Å². The molecular weight excluding hydrogens is 288 g/mol. The van der Waals surface area contributed by atoms with Gasteiger partial charge in [0.05, 0.1) is 5.75 Å². The summed E-state index contributed by atoms with van der Waals surface area (Å²) in [4.78, 5) is 0. The highest BCUT2D eigenvalue weighted by Crippen LogP contribution is 2.22. The van der Waals surface area contributed by atoms with Gasteiger partial charge in [0, 0.05) is 25.3 Å². The molecule has 0 aromatic heterocycles. The van der Waals surface area contributed by atoms with Crippen LogP contribution in [0.4, 0.5) is 0 Å². The first-order valence-corrected chi connectivity index (χ1v) is 8.96. The van der Waals surface area contributed by atoms with Crippen molar-refractivity contribution in [1.82, 2.24) is 4.72 Å². The molecule has 1 aliphatic rings. The molecule has 2 rings (SSSR count). The maximum absolute atomic E-state index is 12.4. The number of nitrogens with two attached hydrogens (primary N) is 1. The average molecular weight is 312 g/mol. The Morgan fingerprint density at radius 1 is 1.29 bits per heavy atom. The maximum Gasteiger partial charge on any atom is 0.212 e. The van der Waals surface area contributed by atoms with Crippen LogP contribution in [0.1, 0.15) is 31.2 Å². The third-order valence-electron chi connectivity index (χ3n) is 4.05. The molecule has 1 unspecified atom stereocenters. The van der Waals surface area contributed by atoms with E-state index in [9.17, 15) is 8.42 Å². The second kappa shape index (κ2) is 6.87. The number of ether oxygens (including phenoxy) is 1. The number of benzene rings is 1. The van der Waals surface area contributed by atoms with Crippen LogP contribution in [-0.4, -0.2) is 39.5 Å². The van der Waals surface area contributed by atoms with Gasteiger partial charge in [0.25, 0.3) is 0 Å². The van der Waals surface area contributed by atoms with Gasteiger partial charge >= 0.3 is 0 Å². The highest BCUT2D eigenvalue weighted by atomic mass is 32.2. The van der Waals surface area contributed by atoms with Crippen LogP contribution in [-0.2, 0) is 14.8 Å². The van der Waals surface area contributed by atoms with E-state index < -0.39 is 15.6 Å². The van der Waals surface area contributed by atoms with E-state index in [0.717, 1.165) is 5.56 Å². The van der Waals surface area contributed by atoms with E-state index in [1.807, 2.05) is 37.3 Å². The van der Waals surface area contributed by atoms with Crippen LogP contribution in [0.5, 0.6) is 0 Å². The van der Waals surface area contributed by atoms with Crippen molar-refractivity contribution >= 4 is 10.0 Å². The third kappa shape index (κ3) is 4.51. The Labute approximate surface area is 126 Å². The Morgan fingerprint density at radius 3 is 2.48 bits per heavy atom. The topological polar surface area (TPSA) is 81.4 Å². The molecule has 6 heteroatoms. The van der Waals surface area contributed by atoms with E-state index in [1.54, 1.807) is 0 Å². The minimum Gasteiger partial charge on any atom is -0.381 e. The van der Waals surface area contributed by atoms with E-state index >= 15 is 0 Å². The Balaban J connectivity index is 2.04. The quantitative estimate of drug-likeness (QED) is 0.827. The summed E-state index contributed by atoms with van der Waals surface area (Å²) in [5, 5.41) is 0. The monoisotopic (exact) mass is 312 g/mol. The van der Waals surface area contributed by atoms with Crippen molar-refractivity contribution in [3.05, 3.63) is 35.9 Å². The molecule has 3 N–H and O–H groups in total. The lowest BCUT2D eigenvalue weighted by Crippen LogP contribution is -2.57. The van der Waals surface area contributed by atoms with Crippen molar-refractivity contribution in [3.8, 4) is 0 Å². The Kier molecular flexibility index (Phi) is 5.37. The SMILES string of the molecule is CC(CS(=O)(=O)NC1(CN)CCOCC1)c1ccccc1. The molecule has 1 aromatic carbocycles. The fraction of sp³-hybridized carbons (Fsp3) is 0.600. The van der Waals surface area contributed by atoms with Gasteiger partial charge in [-0.25, -0.2) is 13.1 Å². The van der Waals surface area contributed by atoms with Gasteiger partial charge in [-0.15, -0.1) is 0 Å². The summed E-state index contributed by atoms with van der Waals surface area (Å²) in [5.41, 5.74) is 6.28. The summed E-state index contributed by atoms with van der Waals surface area (Å²) in [7, 11) is -3.38. The summed E-state index contributed by atoms with van der Waals surface area (Å²) in [6.45, 7) is 3.32. The molecule has 1 fully saturated rings. The van der Waals surface area contributed by atoms with E-state index in [1.165, 1.54) is 0 Å². The van der Waals surface area contributed by atoms with Gasteiger partial charge in [-0.2, -0.15) is 0 Å². The fourth-order valence-electron chi connectivity index (χ4n) is 2.69. The van der Waals surface area contributed by atoms with Gasteiger partial charge in [0.15, 0.2) is 0 Å². The van der Waals surface area contributed by atoms with Crippen molar-refractivity contribution in [2.75, 3.05) is 25.5 Å². The molecular formula is C15H24N2O3S. The van der Waals surface area contributed by atoms with Crippen molar-refractivity contribution in [2.24, 2.45) is 5.73 Å². The van der Waals surface area contributed by atoms with Crippen molar-refractivity contribution in [3.63, 3.8) is 0 Å². The van der Waals surface area contributed by atoms with Crippen LogP contribution in [0, 0.1) is 0 Å². The zero-order valence-electron chi connectivity index (χ0n) is 12.4. The smallest absolute Gasteiger partial charge is 0.212 e. The molecule has 118 valence electrons. The van der Waals surface area contributed by atoms with Crippen molar-refractivity contribution < 1.29 is 13.2 Å². The maximum atomic E-state index is 12.4. The molecule has 0 aliphatic carbocycles. The summed E-state index contributed by atoms with van der Waals surface area (Å²) in [6, 6.07) is 9.67. The fourth-order valence-corrected chi connectivity index (χ4v) is 4.57. The molecule has 1 heterocycles. The average Bonchev–Trinajstić information content (AvgIpc) is 2.48. The minimum absolute atomic E-state index is 0.0571. The Bertz CT molecular complexity index is 539. The number of hydrogen-bond acceptors (Lipinski definition) is 4. The Hall–Kier alpha value is -0.950. The number of hydrogen-bond donors (Lipinski definition) is 2. The van der Waals surface area contributed by atoms with Gasteiger partial charge in [-0.05, 0) is 24.3 Å².